The van der Waals surface area contributed by atoms with Crippen LogP contribution in [0.25, 0.3) is 11.0 Å². The number of alkyl halides is 1. The number of morpholine rings is 1. The van der Waals surface area contributed by atoms with Crippen LogP contribution < -0.4 is 5.01 Å². The third kappa shape index (κ3) is 2.47. The summed E-state index contributed by atoms with van der Waals surface area (Å²) >= 11 is 9.77. The molecule has 2 aromatic rings. The number of halogens is 2. The van der Waals surface area contributed by atoms with Crippen molar-refractivity contribution < 1.29 is 4.74 Å². The molecule has 1 unspecified atom stereocenters. The molecule has 0 saturated carbocycles. The monoisotopic (exact) mass is 343 g/mol. The van der Waals surface area contributed by atoms with Gasteiger partial charge in [0.05, 0.1) is 42.7 Å². The number of rotatable bonds is 2. The van der Waals surface area contributed by atoms with Crippen molar-refractivity contribution in [1.82, 2.24) is 9.66 Å². The van der Waals surface area contributed by atoms with Gasteiger partial charge in [-0.2, -0.15) is 0 Å². The van der Waals surface area contributed by atoms with Crippen molar-refractivity contribution in [2.24, 2.45) is 0 Å². The third-order valence-electron chi connectivity index (χ3n) is 3.24. The van der Waals surface area contributed by atoms with Crippen LogP contribution >= 0.6 is 27.5 Å². The van der Waals surface area contributed by atoms with Crippen molar-refractivity contribution in [3.63, 3.8) is 0 Å². The normalized spacial score (nSPS) is 17.9. The number of fused-ring (bicyclic) bond motifs is 1. The minimum Gasteiger partial charge on any atom is -0.378 e. The fraction of sp³-hybridized carbons (Fsp3) is 0.462. The fourth-order valence-electron chi connectivity index (χ4n) is 2.37. The Labute approximate surface area is 125 Å². The summed E-state index contributed by atoms with van der Waals surface area (Å²) in [7, 11) is 0. The molecule has 6 heteroatoms. The number of aromatic nitrogens is 2. The Hall–Kier alpha value is -0.780. The second kappa shape index (κ2) is 5.31. The first kappa shape index (κ1) is 13.2. The maximum atomic E-state index is 6.29. The molecule has 0 N–H and O–H groups in total. The second-order valence-corrected chi connectivity index (χ2v) is 6.17. The van der Waals surface area contributed by atoms with Gasteiger partial charge in [-0.3, -0.25) is 0 Å². The van der Waals surface area contributed by atoms with Gasteiger partial charge in [0.2, 0.25) is 0 Å². The van der Waals surface area contributed by atoms with E-state index >= 15 is 0 Å². The van der Waals surface area contributed by atoms with Crippen LogP contribution in [0.2, 0.25) is 0 Å². The van der Waals surface area contributed by atoms with Crippen molar-refractivity contribution in [2.75, 3.05) is 31.3 Å². The van der Waals surface area contributed by atoms with E-state index < -0.39 is 0 Å². The van der Waals surface area contributed by atoms with Crippen molar-refractivity contribution in [2.45, 2.75) is 12.3 Å². The predicted molar refractivity (Wildman–Crippen MR) is 80.5 cm³/mol. The summed E-state index contributed by atoms with van der Waals surface area (Å²) in [5, 5.41) is 2.12. The van der Waals surface area contributed by atoms with E-state index in [2.05, 4.69) is 36.7 Å². The van der Waals surface area contributed by atoms with Crippen molar-refractivity contribution in [3.05, 3.63) is 28.5 Å². The number of benzene rings is 1. The van der Waals surface area contributed by atoms with Crippen LogP contribution in [0.3, 0.4) is 0 Å². The molecule has 0 radical (unpaired) electrons. The molecule has 1 atom stereocenters. The average molecular weight is 345 g/mol. The molecule has 1 fully saturated rings. The van der Waals surface area contributed by atoms with Gasteiger partial charge < -0.3 is 9.75 Å². The standard InChI is InChI=1S/C13H15BrClN3O/c1-9(15)13-16-11-8-10(14)2-3-12(11)18(13)17-4-6-19-7-5-17/h2-3,8-9H,4-7H2,1H3. The average Bonchev–Trinajstić information content (AvgIpc) is 2.78. The summed E-state index contributed by atoms with van der Waals surface area (Å²) in [5.74, 6) is 0.886. The lowest BCUT2D eigenvalue weighted by atomic mass is 10.3. The zero-order valence-corrected chi connectivity index (χ0v) is 13.0. The van der Waals surface area contributed by atoms with Gasteiger partial charge in [0.25, 0.3) is 0 Å². The quantitative estimate of drug-likeness (QED) is 0.784. The molecule has 0 bridgehead atoms. The van der Waals surface area contributed by atoms with Crippen molar-refractivity contribution in [3.8, 4) is 0 Å². The maximum absolute atomic E-state index is 6.29. The van der Waals surface area contributed by atoms with E-state index in [1.54, 1.807) is 0 Å². The Kier molecular flexibility index (Phi) is 3.69. The number of imidazole rings is 1. The van der Waals surface area contributed by atoms with Gasteiger partial charge in [0.15, 0.2) is 0 Å². The van der Waals surface area contributed by atoms with Crippen LogP contribution in [0.5, 0.6) is 0 Å². The molecule has 3 rings (SSSR count). The highest BCUT2D eigenvalue weighted by Gasteiger charge is 2.21. The van der Waals surface area contributed by atoms with Gasteiger partial charge >= 0.3 is 0 Å². The first-order valence-corrected chi connectivity index (χ1v) is 7.54. The van der Waals surface area contributed by atoms with E-state index in [9.17, 15) is 0 Å². The van der Waals surface area contributed by atoms with Crippen LogP contribution in [-0.2, 0) is 4.74 Å². The highest BCUT2D eigenvalue weighted by atomic mass is 79.9. The van der Waals surface area contributed by atoms with Gasteiger partial charge in [-0.05, 0) is 25.1 Å². The minimum atomic E-state index is -0.131. The van der Waals surface area contributed by atoms with Gasteiger partial charge in [-0.25, -0.2) is 9.66 Å². The zero-order chi connectivity index (χ0) is 13.4. The van der Waals surface area contributed by atoms with Crippen LogP contribution in [0.4, 0.5) is 0 Å². The van der Waals surface area contributed by atoms with E-state index in [-0.39, 0.29) is 5.38 Å². The fourth-order valence-corrected chi connectivity index (χ4v) is 2.86. The van der Waals surface area contributed by atoms with E-state index in [0.717, 1.165) is 47.6 Å². The molecule has 102 valence electrons. The van der Waals surface area contributed by atoms with Crippen molar-refractivity contribution >= 4 is 38.6 Å². The zero-order valence-electron chi connectivity index (χ0n) is 10.6. The number of nitrogens with zero attached hydrogens (tertiary/aromatic N) is 3. The van der Waals surface area contributed by atoms with Crippen LogP contribution in [0.1, 0.15) is 18.1 Å². The molecular weight excluding hydrogens is 330 g/mol. The number of hydrogen-bond acceptors (Lipinski definition) is 3. The molecule has 1 aliphatic heterocycles. The molecule has 2 heterocycles. The number of ether oxygens (including phenoxy) is 1. The summed E-state index contributed by atoms with van der Waals surface area (Å²) in [6, 6.07) is 6.13. The lowest BCUT2D eigenvalue weighted by Crippen LogP contribution is -2.44. The van der Waals surface area contributed by atoms with E-state index in [4.69, 9.17) is 16.3 Å². The van der Waals surface area contributed by atoms with E-state index in [1.807, 2.05) is 19.1 Å². The molecular formula is C13H15BrClN3O. The lowest BCUT2D eigenvalue weighted by Gasteiger charge is -2.31. The summed E-state index contributed by atoms with van der Waals surface area (Å²) in [6.07, 6.45) is 0. The molecule has 0 aliphatic carbocycles. The largest absolute Gasteiger partial charge is 0.378 e. The Balaban J connectivity index is 2.15. The Morgan fingerprint density at radius 1 is 1.37 bits per heavy atom. The van der Waals surface area contributed by atoms with E-state index in [1.165, 1.54) is 0 Å². The third-order valence-corrected chi connectivity index (χ3v) is 3.93. The van der Waals surface area contributed by atoms with Gasteiger partial charge in [-0.1, -0.05) is 15.9 Å². The molecule has 0 amide bonds. The Morgan fingerprint density at radius 3 is 2.79 bits per heavy atom. The van der Waals surface area contributed by atoms with Crippen LogP contribution in [0.15, 0.2) is 22.7 Å². The predicted octanol–water partition coefficient (Wildman–Crippen LogP) is 3.07. The Bertz CT molecular complexity index is 593. The maximum Gasteiger partial charge on any atom is 0.146 e. The van der Waals surface area contributed by atoms with Gasteiger partial charge in [0, 0.05) is 4.47 Å². The van der Waals surface area contributed by atoms with Gasteiger partial charge in [-0.15, -0.1) is 11.6 Å². The van der Waals surface area contributed by atoms with Crippen LogP contribution in [-0.4, -0.2) is 36.0 Å². The minimum absolute atomic E-state index is 0.131. The summed E-state index contributed by atoms with van der Waals surface area (Å²) in [5.41, 5.74) is 2.05. The second-order valence-electron chi connectivity index (χ2n) is 4.60. The molecule has 1 aromatic heterocycles. The molecule has 1 aromatic carbocycles. The van der Waals surface area contributed by atoms with Gasteiger partial charge in [0.1, 0.15) is 5.82 Å². The smallest absolute Gasteiger partial charge is 0.146 e. The SMILES string of the molecule is CC(Cl)c1nc2cc(Br)ccc2n1N1CCOCC1. The topological polar surface area (TPSA) is 30.3 Å². The first-order chi connectivity index (χ1) is 9.16. The summed E-state index contributed by atoms with van der Waals surface area (Å²) in [4.78, 5) is 4.67. The first-order valence-electron chi connectivity index (χ1n) is 6.32. The Morgan fingerprint density at radius 2 is 2.11 bits per heavy atom. The number of hydrogen-bond donors (Lipinski definition) is 0. The molecule has 19 heavy (non-hydrogen) atoms. The van der Waals surface area contributed by atoms with Crippen LogP contribution in [0, 0.1) is 0 Å². The molecule has 1 aliphatic rings. The lowest BCUT2D eigenvalue weighted by molar-refractivity contribution is 0.111. The highest BCUT2D eigenvalue weighted by molar-refractivity contribution is 9.10. The molecule has 4 nitrogen and oxygen atoms in total. The highest BCUT2D eigenvalue weighted by Crippen LogP contribution is 2.27. The van der Waals surface area contributed by atoms with Crippen molar-refractivity contribution in [1.29, 1.82) is 0 Å². The summed E-state index contributed by atoms with van der Waals surface area (Å²) < 4.78 is 8.58. The molecule has 1 saturated heterocycles. The molecule has 0 spiro atoms. The van der Waals surface area contributed by atoms with E-state index in [0.29, 0.717) is 0 Å². The summed E-state index contributed by atoms with van der Waals surface area (Å²) in [6.45, 7) is 5.16.